The minimum atomic E-state index is -1.42. The lowest BCUT2D eigenvalue weighted by Gasteiger charge is -2.09. The van der Waals surface area contributed by atoms with Crippen LogP contribution in [0.4, 0.5) is 0 Å². The van der Waals surface area contributed by atoms with Crippen LogP contribution in [0.25, 0.3) is 22.2 Å². The number of nitrogens with zero attached hydrogens (tertiary/aromatic N) is 3. The van der Waals surface area contributed by atoms with Crippen LogP contribution in [0.15, 0.2) is 44.9 Å². The van der Waals surface area contributed by atoms with E-state index in [2.05, 4.69) is 25.9 Å². The topological polar surface area (TPSA) is 85.1 Å². The summed E-state index contributed by atoms with van der Waals surface area (Å²) in [5.74, 6) is 0. The zero-order valence-electron chi connectivity index (χ0n) is 11.7. The fourth-order valence-electron chi connectivity index (χ4n) is 2.10. The van der Waals surface area contributed by atoms with Crippen LogP contribution in [0.5, 0.6) is 0 Å². The van der Waals surface area contributed by atoms with Gasteiger partial charge in [-0.3, -0.25) is 9.00 Å². The quantitative estimate of drug-likeness (QED) is 0.515. The van der Waals surface area contributed by atoms with E-state index in [1.165, 1.54) is 12.5 Å². The summed E-state index contributed by atoms with van der Waals surface area (Å²) in [6, 6.07) is 6.61. The first-order valence-electron chi connectivity index (χ1n) is 6.29. The molecule has 0 aliphatic heterocycles. The zero-order valence-corrected chi connectivity index (χ0v) is 14.8. The second-order valence-corrected chi connectivity index (χ2v) is 7.28. The summed E-state index contributed by atoms with van der Waals surface area (Å²) in [5.41, 5.74) is 0.0135. The van der Waals surface area contributed by atoms with Gasteiger partial charge in [0.2, 0.25) is 5.16 Å². The maximum absolute atomic E-state index is 12.4. The Morgan fingerprint density at radius 1 is 1.30 bits per heavy atom. The molecule has 118 valence electrons. The van der Waals surface area contributed by atoms with E-state index >= 15 is 0 Å². The molecular formula is C14H9BrClN3O3S. The van der Waals surface area contributed by atoms with Crippen molar-refractivity contribution in [2.45, 2.75) is 5.16 Å². The van der Waals surface area contributed by atoms with Gasteiger partial charge in [0.15, 0.2) is 5.65 Å². The molecule has 1 atom stereocenters. The van der Waals surface area contributed by atoms with Gasteiger partial charge in [-0.1, -0.05) is 33.6 Å². The standard InChI is InChI=1S/C14H9BrClN3O3S/c1-23(22)14-17-6-7-4-10(13(20)19(21)12(7)18-14)9-3-2-8(15)5-11(9)16/h2-6,21H,1H3. The van der Waals surface area contributed by atoms with E-state index in [1.807, 2.05) is 0 Å². The van der Waals surface area contributed by atoms with Crippen LogP contribution in [-0.2, 0) is 10.8 Å². The summed E-state index contributed by atoms with van der Waals surface area (Å²) in [4.78, 5) is 20.3. The third kappa shape index (κ3) is 2.89. The first kappa shape index (κ1) is 16.1. The monoisotopic (exact) mass is 413 g/mol. The molecular weight excluding hydrogens is 406 g/mol. The molecule has 0 radical (unpaired) electrons. The van der Waals surface area contributed by atoms with Crippen LogP contribution in [0, 0.1) is 0 Å². The van der Waals surface area contributed by atoms with Gasteiger partial charge in [-0.05, 0) is 18.2 Å². The molecule has 0 saturated heterocycles. The second-order valence-electron chi connectivity index (χ2n) is 4.68. The Kier molecular flexibility index (Phi) is 4.22. The van der Waals surface area contributed by atoms with Crippen LogP contribution >= 0.6 is 27.5 Å². The molecule has 0 spiro atoms. The summed E-state index contributed by atoms with van der Waals surface area (Å²) >= 11 is 9.47. The van der Waals surface area contributed by atoms with Gasteiger partial charge in [-0.2, -0.15) is 4.98 Å². The Labute approximate surface area is 146 Å². The van der Waals surface area contributed by atoms with Crippen molar-refractivity contribution >= 4 is 49.4 Å². The van der Waals surface area contributed by atoms with Crippen LogP contribution < -0.4 is 5.56 Å². The number of benzene rings is 1. The molecule has 6 nitrogen and oxygen atoms in total. The molecule has 1 aromatic carbocycles. The molecule has 0 fully saturated rings. The van der Waals surface area contributed by atoms with E-state index in [0.29, 0.717) is 20.7 Å². The fourth-order valence-corrected chi connectivity index (χ4v) is 3.30. The Morgan fingerprint density at radius 2 is 2.04 bits per heavy atom. The maximum atomic E-state index is 12.4. The van der Waals surface area contributed by atoms with Crippen molar-refractivity contribution < 1.29 is 9.42 Å². The van der Waals surface area contributed by atoms with Gasteiger partial charge in [0.05, 0.1) is 16.4 Å². The fraction of sp³-hybridized carbons (Fsp3) is 0.0714. The highest BCUT2D eigenvalue weighted by molar-refractivity contribution is 9.10. The molecule has 2 aromatic heterocycles. The number of hydrogen-bond acceptors (Lipinski definition) is 5. The van der Waals surface area contributed by atoms with Crippen LogP contribution in [0.2, 0.25) is 5.02 Å². The number of fused-ring (bicyclic) bond motifs is 1. The lowest BCUT2D eigenvalue weighted by atomic mass is 10.1. The van der Waals surface area contributed by atoms with Crippen LogP contribution in [-0.4, -0.2) is 30.4 Å². The molecule has 3 aromatic rings. The lowest BCUT2D eigenvalue weighted by Crippen LogP contribution is -2.21. The molecule has 0 amide bonds. The summed E-state index contributed by atoms with van der Waals surface area (Å²) in [6.07, 6.45) is 2.82. The Hall–Kier alpha value is -1.77. The predicted molar refractivity (Wildman–Crippen MR) is 91.5 cm³/mol. The number of pyridine rings is 1. The van der Waals surface area contributed by atoms with Gasteiger partial charge in [-0.15, -0.1) is 4.73 Å². The smallest absolute Gasteiger partial charge is 0.292 e. The van der Waals surface area contributed by atoms with E-state index < -0.39 is 16.4 Å². The molecule has 0 bridgehead atoms. The van der Waals surface area contributed by atoms with Crippen molar-refractivity contribution in [2.24, 2.45) is 0 Å². The average Bonchev–Trinajstić information content (AvgIpc) is 2.51. The lowest BCUT2D eigenvalue weighted by molar-refractivity contribution is 0.187. The second kappa shape index (κ2) is 6.03. The third-order valence-electron chi connectivity index (χ3n) is 3.18. The van der Waals surface area contributed by atoms with Crippen molar-refractivity contribution in [3.05, 3.63) is 50.3 Å². The highest BCUT2D eigenvalue weighted by atomic mass is 79.9. The number of halogens is 2. The molecule has 23 heavy (non-hydrogen) atoms. The summed E-state index contributed by atoms with van der Waals surface area (Å²) in [7, 11) is -1.42. The number of hydrogen-bond donors (Lipinski definition) is 1. The van der Waals surface area contributed by atoms with Crippen LogP contribution in [0.1, 0.15) is 0 Å². The van der Waals surface area contributed by atoms with Crippen LogP contribution in [0.3, 0.4) is 0 Å². The summed E-state index contributed by atoms with van der Waals surface area (Å²) in [5, 5.41) is 10.9. The Bertz CT molecular complexity index is 1020. The maximum Gasteiger partial charge on any atom is 0.292 e. The molecule has 1 unspecified atom stereocenters. The highest BCUT2D eigenvalue weighted by Gasteiger charge is 2.15. The normalized spacial score (nSPS) is 12.5. The molecule has 9 heteroatoms. The van der Waals surface area contributed by atoms with E-state index in [0.717, 1.165) is 4.47 Å². The van der Waals surface area contributed by atoms with Crippen molar-refractivity contribution in [3.63, 3.8) is 0 Å². The molecule has 1 N–H and O–H groups in total. The first-order valence-corrected chi connectivity index (χ1v) is 9.02. The van der Waals surface area contributed by atoms with Gasteiger partial charge < -0.3 is 5.21 Å². The zero-order chi connectivity index (χ0) is 16.7. The van der Waals surface area contributed by atoms with Gasteiger partial charge in [0.25, 0.3) is 5.56 Å². The molecule has 0 saturated carbocycles. The summed E-state index contributed by atoms with van der Waals surface area (Å²) in [6.45, 7) is 0. The summed E-state index contributed by atoms with van der Waals surface area (Å²) < 4.78 is 12.6. The number of aromatic nitrogens is 3. The first-order chi connectivity index (χ1) is 10.9. The van der Waals surface area contributed by atoms with E-state index in [4.69, 9.17) is 11.6 Å². The minimum absolute atomic E-state index is 0.00724. The van der Waals surface area contributed by atoms with Gasteiger partial charge in [0, 0.05) is 32.9 Å². The molecule has 0 aliphatic rings. The van der Waals surface area contributed by atoms with Gasteiger partial charge >= 0.3 is 0 Å². The van der Waals surface area contributed by atoms with Crippen molar-refractivity contribution in [1.82, 2.24) is 14.7 Å². The van der Waals surface area contributed by atoms with Crippen molar-refractivity contribution in [3.8, 4) is 11.1 Å². The van der Waals surface area contributed by atoms with Crippen molar-refractivity contribution in [2.75, 3.05) is 6.26 Å². The van der Waals surface area contributed by atoms with E-state index in [9.17, 15) is 14.2 Å². The van der Waals surface area contributed by atoms with Gasteiger partial charge in [0.1, 0.15) is 0 Å². The predicted octanol–water partition coefficient (Wildman–Crippen LogP) is 2.85. The van der Waals surface area contributed by atoms with E-state index in [-0.39, 0.29) is 16.4 Å². The SMILES string of the molecule is CS(=O)c1ncc2cc(-c3ccc(Br)cc3Cl)c(=O)n(O)c2n1. The Balaban J connectivity index is 2.32. The van der Waals surface area contributed by atoms with E-state index in [1.54, 1.807) is 24.3 Å². The molecule has 3 rings (SSSR count). The highest BCUT2D eigenvalue weighted by Crippen LogP contribution is 2.29. The minimum Gasteiger partial charge on any atom is -0.423 e. The average molecular weight is 415 g/mol. The number of rotatable bonds is 2. The Morgan fingerprint density at radius 3 is 2.70 bits per heavy atom. The molecule has 2 heterocycles. The third-order valence-corrected chi connectivity index (χ3v) is 4.69. The molecule has 0 aliphatic carbocycles. The largest absolute Gasteiger partial charge is 0.423 e. The van der Waals surface area contributed by atoms with Crippen molar-refractivity contribution in [1.29, 1.82) is 0 Å². The van der Waals surface area contributed by atoms with Gasteiger partial charge in [-0.25, -0.2) is 4.98 Å².